The number of ether oxygens (including phenoxy) is 3. The van der Waals surface area contributed by atoms with Gasteiger partial charge in [0.05, 0.1) is 0 Å². The molecule has 0 fully saturated rings. The highest BCUT2D eigenvalue weighted by molar-refractivity contribution is 5.71. The van der Waals surface area contributed by atoms with E-state index in [2.05, 4.69) is 142 Å². The first-order chi connectivity index (χ1) is 39.0. The van der Waals surface area contributed by atoms with E-state index in [-0.39, 0.29) is 31.1 Å². The van der Waals surface area contributed by atoms with Gasteiger partial charge in [0.15, 0.2) is 6.10 Å². The summed E-state index contributed by atoms with van der Waals surface area (Å²) in [6, 6.07) is 0. The Kier molecular flexibility index (Phi) is 62.8. The second-order valence-electron chi connectivity index (χ2n) is 21.6. The standard InChI is InChI=1S/C73H122O6/c1-4-7-10-13-16-19-22-24-26-28-30-32-34-35-36-37-39-40-42-44-46-48-51-54-57-60-63-66-72(75)78-69-70(68-77-71(74)65-62-59-56-53-50-21-18-15-12-9-6-3)79-73(76)67-64-61-58-55-52-49-47-45-43-41-38-33-31-29-27-25-23-20-17-14-11-8-5-2/h7,10,15-16,18-19,23-26,29-32,35-36,39-40,44,46,70H,4-6,8-9,11-14,17,20-22,27-28,33-34,37-38,41-43,45,47-69H2,1-3H3/b10-7-,18-15-,19-16-,25-23-,26-24-,31-29-,32-30-,36-35-,40-39-,46-44-. The fourth-order valence-corrected chi connectivity index (χ4v) is 8.96. The van der Waals surface area contributed by atoms with E-state index >= 15 is 0 Å². The van der Waals surface area contributed by atoms with Crippen molar-refractivity contribution in [2.75, 3.05) is 13.2 Å². The van der Waals surface area contributed by atoms with E-state index in [1.165, 1.54) is 122 Å². The summed E-state index contributed by atoms with van der Waals surface area (Å²) < 4.78 is 16.9. The molecule has 6 nitrogen and oxygen atoms in total. The zero-order chi connectivity index (χ0) is 57.1. The molecule has 0 aliphatic carbocycles. The summed E-state index contributed by atoms with van der Waals surface area (Å²) in [5.41, 5.74) is 0. The lowest BCUT2D eigenvalue weighted by atomic mass is 10.0. The number of carbonyl (C=O) groups is 3. The lowest BCUT2D eigenvalue weighted by molar-refractivity contribution is -0.167. The van der Waals surface area contributed by atoms with Crippen molar-refractivity contribution in [1.82, 2.24) is 0 Å². The number of allylic oxidation sites excluding steroid dienone is 20. The highest BCUT2D eigenvalue weighted by atomic mass is 16.6. The van der Waals surface area contributed by atoms with E-state index in [9.17, 15) is 14.4 Å². The van der Waals surface area contributed by atoms with Gasteiger partial charge in [0.25, 0.3) is 0 Å². The van der Waals surface area contributed by atoms with E-state index in [0.717, 1.165) is 141 Å². The number of esters is 3. The van der Waals surface area contributed by atoms with Gasteiger partial charge in [0.2, 0.25) is 0 Å². The molecule has 0 aromatic rings. The minimum Gasteiger partial charge on any atom is -0.462 e. The Morgan fingerprint density at radius 1 is 0.266 bits per heavy atom. The number of unbranched alkanes of at least 4 members (excludes halogenated alkanes) is 28. The summed E-state index contributed by atoms with van der Waals surface area (Å²) in [5, 5.41) is 0. The summed E-state index contributed by atoms with van der Waals surface area (Å²) in [5.74, 6) is -0.917. The molecule has 450 valence electrons. The first-order valence-electron chi connectivity index (χ1n) is 33.0. The Labute approximate surface area is 488 Å². The van der Waals surface area contributed by atoms with Crippen LogP contribution in [-0.4, -0.2) is 37.2 Å². The van der Waals surface area contributed by atoms with Crippen LogP contribution in [-0.2, 0) is 28.6 Å². The monoisotopic (exact) mass is 1090 g/mol. The molecule has 0 aliphatic heterocycles. The molecule has 1 atom stereocenters. The summed E-state index contributed by atoms with van der Waals surface area (Å²) in [4.78, 5) is 38.3. The first kappa shape index (κ1) is 74.8. The maximum Gasteiger partial charge on any atom is 0.306 e. The second-order valence-corrected chi connectivity index (χ2v) is 21.6. The van der Waals surface area contributed by atoms with Crippen LogP contribution >= 0.6 is 0 Å². The molecule has 6 heteroatoms. The van der Waals surface area contributed by atoms with Gasteiger partial charge in [-0.1, -0.05) is 277 Å². The zero-order valence-corrected chi connectivity index (χ0v) is 51.6. The normalized spacial score (nSPS) is 12.9. The Balaban J connectivity index is 4.34. The fourth-order valence-electron chi connectivity index (χ4n) is 8.96. The number of rotatable bonds is 59. The van der Waals surface area contributed by atoms with Gasteiger partial charge in [0, 0.05) is 19.3 Å². The molecular weight excluding hydrogens is 973 g/mol. The third-order valence-corrected chi connectivity index (χ3v) is 13.9. The second kappa shape index (κ2) is 66.3. The molecule has 0 saturated carbocycles. The van der Waals surface area contributed by atoms with E-state index in [0.29, 0.717) is 19.3 Å². The lowest BCUT2D eigenvalue weighted by Gasteiger charge is -2.18. The SMILES string of the molecule is CC/C=C\C/C=C\C/C=C\C/C=C\C/C=C\C/C=C\C/C=C\CCCCCCCC(=O)OCC(COC(=O)CCCCCCC/C=C\CCCC)OC(=O)CCCCCCCCCCCCC/C=C\C/C=C\CCCCCCC. The Morgan fingerprint density at radius 2 is 0.506 bits per heavy atom. The van der Waals surface area contributed by atoms with Crippen molar-refractivity contribution in [3.05, 3.63) is 122 Å². The maximum atomic E-state index is 12.9. The molecule has 0 aromatic heterocycles. The van der Waals surface area contributed by atoms with Crippen LogP contribution in [0.15, 0.2) is 122 Å². The van der Waals surface area contributed by atoms with Crippen molar-refractivity contribution in [3.8, 4) is 0 Å². The fraction of sp³-hybridized carbons (Fsp3) is 0.685. The van der Waals surface area contributed by atoms with Gasteiger partial charge in [-0.25, -0.2) is 0 Å². The Morgan fingerprint density at radius 3 is 0.823 bits per heavy atom. The molecule has 1 unspecified atom stereocenters. The minimum absolute atomic E-state index is 0.0910. The number of hydrogen-bond donors (Lipinski definition) is 0. The summed E-state index contributed by atoms with van der Waals surface area (Å²) >= 11 is 0. The number of carbonyl (C=O) groups excluding carboxylic acids is 3. The highest BCUT2D eigenvalue weighted by Crippen LogP contribution is 2.16. The van der Waals surface area contributed by atoms with Crippen molar-refractivity contribution < 1.29 is 28.6 Å². The molecule has 0 N–H and O–H groups in total. The van der Waals surface area contributed by atoms with Crippen molar-refractivity contribution in [3.63, 3.8) is 0 Å². The quantitative estimate of drug-likeness (QED) is 0.0261. The largest absolute Gasteiger partial charge is 0.462 e. The van der Waals surface area contributed by atoms with Crippen molar-refractivity contribution in [2.45, 2.75) is 309 Å². The summed E-state index contributed by atoms with van der Waals surface area (Å²) in [7, 11) is 0. The van der Waals surface area contributed by atoms with Gasteiger partial charge >= 0.3 is 17.9 Å². The van der Waals surface area contributed by atoms with E-state index in [1.807, 2.05) is 0 Å². The van der Waals surface area contributed by atoms with E-state index < -0.39 is 6.10 Å². The van der Waals surface area contributed by atoms with Gasteiger partial charge in [-0.2, -0.15) is 0 Å². The van der Waals surface area contributed by atoms with Crippen LogP contribution in [0.2, 0.25) is 0 Å². The van der Waals surface area contributed by atoms with Gasteiger partial charge in [0.1, 0.15) is 13.2 Å². The maximum absolute atomic E-state index is 12.9. The number of hydrogen-bond acceptors (Lipinski definition) is 6. The molecular formula is C73H122O6. The zero-order valence-electron chi connectivity index (χ0n) is 51.6. The van der Waals surface area contributed by atoms with Crippen LogP contribution in [0.25, 0.3) is 0 Å². The Bertz CT molecular complexity index is 1640. The molecule has 0 saturated heterocycles. The van der Waals surface area contributed by atoms with Gasteiger partial charge in [-0.15, -0.1) is 0 Å². The van der Waals surface area contributed by atoms with Crippen molar-refractivity contribution >= 4 is 17.9 Å². The summed E-state index contributed by atoms with van der Waals surface area (Å²) in [6.45, 7) is 6.47. The van der Waals surface area contributed by atoms with Gasteiger partial charge < -0.3 is 14.2 Å². The average molecular weight is 1100 g/mol. The van der Waals surface area contributed by atoms with Crippen LogP contribution in [0.4, 0.5) is 0 Å². The molecule has 0 aliphatic rings. The van der Waals surface area contributed by atoms with E-state index in [4.69, 9.17) is 14.2 Å². The topological polar surface area (TPSA) is 78.9 Å². The van der Waals surface area contributed by atoms with Gasteiger partial charge in [-0.05, 0) is 128 Å². The predicted octanol–water partition coefficient (Wildman–Crippen LogP) is 22.8. The molecule has 0 bridgehead atoms. The van der Waals surface area contributed by atoms with Crippen LogP contribution in [0.3, 0.4) is 0 Å². The van der Waals surface area contributed by atoms with Crippen LogP contribution in [0, 0.1) is 0 Å². The molecule has 0 radical (unpaired) electrons. The predicted molar refractivity (Wildman–Crippen MR) is 343 cm³/mol. The van der Waals surface area contributed by atoms with Crippen LogP contribution in [0.5, 0.6) is 0 Å². The van der Waals surface area contributed by atoms with E-state index in [1.54, 1.807) is 0 Å². The minimum atomic E-state index is -0.795. The third kappa shape index (κ3) is 64.5. The van der Waals surface area contributed by atoms with Crippen LogP contribution in [0.1, 0.15) is 303 Å². The van der Waals surface area contributed by atoms with Crippen molar-refractivity contribution in [1.29, 1.82) is 0 Å². The van der Waals surface area contributed by atoms with Gasteiger partial charge in [-0.3, -0.25) is 14.4 Å². The smallest absolute Gasteiger partial charge is 0.306 e. The molecule has 79 heavy (non-hydrogen) atoms. The molecule has 0 amide bonds. The molecule has 0 spiro atoms. The molecule has 0 aromatic carbocycles. The molecule has 0 rings (SSSR count). The Hall–Kier alpha value is -4.19. The lowest BCUT2D eigenvalue weighted by Crippen LogP contribution is -2.30. The van der Waals surface area contributed by atoms with Crippen LogP contribution < -0.4 is 0 Å². The third-order valence-electron chi connectivity index (χ3n) is 13.9. The summed E-state index contributed by atoms with van der Waals surface area (Å²) in [6.07, 6.45) is 92.1. The first-order valence-corrected chi connectivity index (χ1v) is 33.0. The average Bonchev–Trinajstić information content (AvgIpc) is 3.45. The molecule has 0 heterocycles. The highest BCUT2D eigenvalue weighted by Gasteiger charge is 2.19. The van der Waals surface area contributed by atoms with Crippen molar-refractivity contribution in [2.24, 2.45) is 0 Å².